The summed E-state index contributed by atoms with van der Waals surface area (Å²) in [6.45, 7) is 3.61. The molecular weight excluding hydrogens is 349 g/mol. The fraction of sp³-hybridized carbons (Fsp3) is 0.250. The third kappa shape index (κ3) is 4.19. The fourth-order valence-electron chi connectivity index (χ4n) is 2.59. The third-order valence-electron chi connectivity index (χ3n) is 3.94. The van der Waals surface area contributed by atoms with E-state index in [9.17, 15) is 9.18 Å². The molecule has 0 unspecified atom stereocenters. The topological polar surface area (TPSA) is 47.8 Å². The van der Waals surface area contributed by atoms with E-state index in [0.717, 1.165) is 23.4 Å². The molecule has 0 N–H and O–H groups in total. The predicted octanol–water partition coefficient (Wildman–Crippen LogP) is 4.84. The van der Waals surface area contributed by atoms with Crippen LogP contribution in [0.2, 0.25) is 0 Å². The minimum atomic E-state index is -0.332. The van der Waals surface area contributed by atoms with Crippen LogP contribution in [0.4, 0.5) is 4.39 Å². The van der Waals surface area contributed by atoms with Crippen molar-refractivity contribution < 1.29 is 9.18 Å². The first-order chi connectivity index (χ1) is 12.6. The number of hydrogen-bond acceptors (Lipinski definition) is 4. The lowest BCUT2D eigenvalue weighted by atomic mass is 10.2. The van der Waals surface area contributed by atoms with Crippen molar-refractivity contribution in [1.29, 1.82) is 0 Å². The highest BCUT2D eigenvalue weighted by molar-refractivity contribution is 7.99. The molecule has 0 atom stereocenters. The van der Waals surface area contributed by atoms with Gasteiger partial charge < -0.3 is 4.79 Å². The highest BCUT2D eigenvalue weighted by atomic mass is 32.2. The van der Waals surface area contributed by atoms with E-state index < -0.39 is 0 Å². The maximum Gasteiger partial charge on any atom is 0.196 e. The Morgan fingerprint density at radius 2 is 1.85 bits per heavy atom. The smallest absolute Gasteiger partial charge is 0.196 e. The minimum Gasteiger partial charge on any atom is -0.300 e. The molecule has 0 saturated carbocycles. The summed E-state index contributed by atoms with van der Waals surface area (Å²) in [7, 11) is 0. The van der Waals surface area contributed by atoms with Crippen molar-refractivity contribution in [1.82, 2.24) is 14.8 Å². The molecule has 0 saturated heterocycles. The number of rotatable bonds is 7. The van der Waals surface area contributed by atoms with Crippen LogP contribution in [-0.4, -0.2) is 26.3 Å². The van der Waals surface area contributed by atoms with E-state index in [0.29, 0.717) is 23.0 Å². The fourth-order valence-corrected chi connectivity index (χ4v) is 3.48. The molecule has 0 spiro atoms. The molecule has 26 heavy (non-hydrogen) atoms. The molecule has 0 aliphatic rings. The first kappa shape index (κ1) is 18.3. The van der Waals surface area contributed by atoms with Crippen molar-refractivity contribution in [2.45, 2.75) is 31.8 Å². The largest absolute Gasteiger partial charge is 0.300 e. The van der Waals surface area contributed by atoms with Gasteiger partial charge in [0.2, 0.25) is 0 Å². The second-order valence-corrected chi connectivity index (χ2v) is 7.17. The van der Waals surface area contributed by atoms with E-state index in [1.54, 1.807) is 25.1 Å². The zero-order valence-electron chi connectivity index (χ0n) is 14.8. The minimum absolute atomic E-state index is 0.178. The molecule has 0 radical (unpaired) electrons. The normalized spacial score (nSPS) is 10.9. The number of ketones is 1. The molecule has 0 fully saturated rings. The molecule has 2 aromatic carbocycles. The van der Waals surface area contributed by atoms with Gasteiger partial charge in [0.1, 0.15) is 11.6 Å². The molecule has 0 bridgehead atoms. The molecule has 0 aliphatic carbocycles. The summed E-state index contributed by atoms with van der Waals surface area (Å²) in [6, 6.07) is 14.5. The first-order valence-corrected chi connectivity index (χ1v) is 9.44. The maximum absolute atomic E-state index is 14.3. The zero-order valence-corrected chi connectivity index (χ0v) is 15.6. The van der Waals surface area contributed by atoms with Gasteiger partial charge in [-0.05, 0) is 44.5 Å². The van der Waals surface area contributed by atoms with Crippen molar-refractivity contribution in [2.75, 3.05) is 5.75 Å². The van der Waals surface area contributed by atoms with Gasteiger partial charge in [0.05, 0.1) is 5.56 Å². The predicted molar refractivity (Wildman–Crippen MR) is 102 cm³/mol. The van der Waals surface area contributed by atoms with Gasteiger partial charge in [-0.2, -0.15) is 0 Å². The van der Waals surface area contributed by atoms with Gasteiger partial charge in [0.15, 0.2) is 11.0 Å². The molecule has 0 aliphatic heterocycles. The molecule has 134 valence electrons. The number of Topliss-reactive ketones (excluding diaryl/α,β-unsaturated/α-hetero) is 1. The average molecular weight is 369 g/mol. The van der Waals surface area contributed by atoms with Crippen molar-refractivity contribution >= 4 is 17.5 Å². The van der Waals surface area contributed by atoms with Crippen LogP contribution in [0, 0.1) is 12.7 Å². The van der Waals surface area contributed by atoms with Gasteiger partial charge >= 0.3 is 0 Å². The molecule has 6 heteroatoms. The summed E-state index contributed by atoms with van der Waals surface area (Å²) < 4.78 is 16.2. The van der Waals surface area contributed by atoms with Crippen LogP contribution in [0.15, 0.2) is 53.7 Å². The number of aromatic nitrogens is 3. The molecule has 3 aromatic rings. The SMILES string of the molecule is CC(=O)CCCSc1nnc(-c2ccccc2F)n1-c1ccc(C)cc1. The van der Waals surface area contributed by atoms with E-state index in [1.807, 2.05) is 35.8 Å². The lowest BCUT2D eigenvalue weighted by molar-refractivity contribution is -0.117. The number of carbonyl (C=O) groups is 1. The Kier molecular flexibility index (Phi) is 5.83. The lowest BCUT2D eigenvalue weighted by Crippen LogP contribution is -2.01. The number of thioether (sulfide) groups is 1. The number of benzene rings is 2. The number of carbonyl (C=O) groups excluding carboxylic acids is 1. The summed E-state index contributed by atoms with van der Waals surface area (Å²) >= 11 is 1.52. The highest BCUT2D eigenvalue weighted by Gasteiger charge is 2.18. The quantitative estimate of drug-likeness (QED) is 0.441. The van der Waals surface area contributed by atoms with Crippen LogP contribution in [0.1, 0.15) is 25.3 Å². The van der Waals surface area contributed by atoms with E-state index in [1.165, 1.54) is 17.8 Å². The Labute approximate surface area is 156 Å². The number of halogens is 1. The molecule has 1 aromatic heterocycles. The number of nitrogens with zero attached hydrogens (tertiary/aromatic N) is 3. The van der Waals surface area contributed by atoms with Gasteiger partial charge in [0.25, 0.3) is 0 Å². The van der Waals surface area contributed by atoms with Crippen LogP contribution in [0.25, 0.3) is 17.1 Å². The summed E-state index contributed by atoms with van der Waals surface area (Å²) in [5.74, 6) is 1.07. The number of hydrogen-bond donors (Lipinski definition) is 0. The van der Waals surface area contributed by atoms with Crippen LogP contribution < -0.4 is 0 Å². The summed E-state index contributed by atoms with van der Waals surface area (Å²) in [4.78, 5) is 11.1. The van der Waals surface area contributed by atoms with Crippen LogP contribution in [0.5, 0.6) is 0 Å². The second kappa shape index (κ2) is 8.27. The lowest BCUT2D eigenvalue weighted by Gasteiger charge is -2.11. The summed E-state index contributed by atoms with van der Waals surface area (Å²) in [5.41, 5.74) is 2.44. The van der Waals surface area contributed by atoms with Crippen LogP contribution in [-0.2, 0) is 4.79 Å². The Balaban J connectivity index is 1.98. The van der Waals surface area contributed by atoms with Crippen molar-refractivity contribution in [3.05, 3.63) is 59.9 Å². The highest BCUT2D eigenvalue weighted by Crippen LogP contribution is 2.29. The van der Waals surface area contributed by atoms with Crippen molar-refractivity contribution in [3.8, 4) is 17.1 Å². The molecule has 1 heterocycles. The van der Waals surface area contributed by atoms with Gasteiger partial charge in [-0.25, -0.2) is 4.39 Å². The standard InChI is InChI=1S/C20H20FN3OS/c1-14-9-11-16(12-10-14)24-19(17-7-3-4-8-18(17)21)22-23-20(24)26-13-5-6-15(2)25/h3-4,7-12H,5-6,13H2,1-2H3. The van der Waals surface area contributed by atoms with Gasteiger partial charge in [-0.15, -0.1) is 10.2 Å². The van der Waals surface area contributed by atoms with Crippen LogP contribution >= 0.6 is 11.8 Å². The Hall–Kier alpha value is -2.47. The van der Waals surface area contributed by atoms with Crippen LogP contribution in [0.3, 0.4) is 0 Å². The monoisotopic (exact) mass is 369 g/mol. The molecule has 3 rings (SSSR count). The Morgan fingerprint density at radius 1 is 1.12 bits per heavy atom. The maximum atomic E-state index is 14.3. The van der Waals surface area contributed by atoms with E-state index in [-0.39, 0.29) is 11.6 Å². The number of aryl methyl sites for hydroxylation is 1. The van der Waals surface area contributed by atoms with Crippen molar-refractivity contribution in [3.63, 3.8) is 0 Å². The van der Waals surface area contributed by atoms with Gasteiger partial charge in [0, 0.05) is 17.9 Å². The first-order valence-electron chi connectivity index (χ1n) is 8.46. The van der Waals surface area contributed by atoms with Gasteiger partial charge in [-0.3, -0.25) is 4.57 Å². The van der Waals surface area contributed by atoms with Gasteiger partial charge in [-0.1, -0.05) is 41.6 Å². The zero-order chi connectivity index (χ0) is 18.5. The third-order valence-corrected chi connectivity index (χ3v) is 4.96. The Morgan fingerprint density at radius 3 is 2.54 bits per heavy atom. The van der Waals surface area contributed by atoms with E-state index in [2.05, 4.69) is 10.2 Å². The van der Waals surface area contributed by atoms with E-state index in [4.69, 9.17) is 0 Å². The van der Waals surface area contributed by atoms with E-state index >= 15 is 0 Å². The summed E-state index contributed by atoms with van der Waals surface area (Å²) in [5, 5.41) is 9.21. The molecule has 0 amide bonds. The average Bonchev–Trinajstić information content (AvgIpc) is 3.03. The molecule has 4 nitrogen and oxygen atoms in total. The summed E-state index contributed by atoms with van der Waals surface area (Å²) in [6.07, 6.45) is 1.32. The second-order valence-electron chi connectivity index (χ2n) is 6.11. The molecular formula is C20H20FN3OS. The van der Waals surface area contributed by atoms with Crippen molar-refractivity contribution in [2.24, 2.45) is 0 Å². The Bertz CT molecular complexity index is 906.